The van der Waals surface area contributed by atoms with Crippen LogP contribution in [0.3, 0.4) is 0 Å². The quantitative estimate of drug-likeness (QED) is 0.256. The standard InChI is InChI=1S/C15H11.2HI.Zr/c1-2-6-12(7-3-1)15-10-13-8-4-5-9-14(13)11-15;;;/h1-11H;2*1H;/q-1;;;+3/p-2. The van der Waals surface area contributed by atoms with E-state index in [1.807, 2.05) is 6.07 Å². The minimum atomic E-state index is 0. The molecule has 0 aromatic heterocycles. The number of halogens is 2. The van der Waals surface area contributed by atoms with Gasteiger partial charge in [-0.05, 0) is 0 Å². The average Bonchev–Trinajstić information content (AvgIpc) is 2.74. The summed E-state index contributed by atoms with van der Waals surface area (Å²) in [4.78, 5) is 0. The molecule has 0 heterocycles. The fraction of sp³-hybridized carbons (Fsp3) is 0. The summed E-state index contributed by atoms with van der Waals surface area (Å²) < 4.78 is 0. The first kappa shape index (κ1) is 18.4. The zero-order valence-electron chi connectivity index (χ0n) is 9.61. The van der Waals surface area contributed by atoms with Crippen LogP contribution < -0.4 is 48.0 Å². The number of fused-ring (bicyclic) bond motifs is 1. The Kier molecular flexibility index (Phi) is 8.73. The predicted molar refractivity (Wildman–Crippen MR) is 65.0 cm³/mol. The summed E-state index contributed by atoms with van der Waals surface area (Å²) in [5.41, 5.74) is 2.59. The number of hydrogen-bond acceptors (Lipinski definition) is 0. The molecule has 0 amide bonds. The number of benzene rings is 2. The third kappa shape index (κ3) is 3.94. The van der Waals surface area contributed by atoms with E-state index in [4.69, 9.17) is 0 Å². The molecule has 1 radical (unpaired) electrons. The Bertz CT molecular complexity index is 555. The predicted octanol–water partition coefficient (Wildman–Crippen LogP) is -1.77. The van der Waals surface area contributed by atoms with Gasteiger partial charge in [-0.25, -0.2) is 0 Å². The zero-order valence-corrected chi connectivity index (χ0v) is 16.4. The SMILES string of the molecule is [I-].[I-].[Zr+3].c1ccc(-c2cc3ccccc3[cH-]2)cc1. The molecule has 18 heavy (non-hydrogen) atoms. The number of rotatable bonds is 1. The van der Waals surface area contributed by atoms with Crippen LogP contribution in [0.1, 0.15) is 0 Å². The van der Waals surface area contributed by atoms with Crippen molar-refractivity contribution in [1.82, 2.24) is 0 Å². The summed E-state index contributed by atoms with van der Waals surface area (Å²) in [6.07, 6.45) is 0. The van der Waals surface area contributed by atoms with Crippen molar-refractivity contribution in [3.63, 3.8) is 0 Å². The van der Waals surface area contributed by atoms with E-state index < -0.39 is 0 Å². The maximum Gasteiger partial charge on any atom is 3.00 e. The third-order valence-electron chi connectivity index (χ3n) is 2.73. The normalized spacial score (nSPS) is 8.89. The van der Waals surface area contributed by atoms with Gasteiger partial charge in [0.05, 0.1) is 0 Å². The molecule has 0 fully saturated rings. The van der Waals surface area contributed by atoms with Crippen LogP contribution in [0.2, 0.25) is 0 Å². The van der Waals surface area contributed by atoms with E-state index in [0.717, 1.165) is 0 Å². The number of hydrogen-bond donors (Lipinski definition) is 0. The largest absolute Gasteiger partial charge is 3.00 e. The first-order valence-electron chi connectivity index (χ1n) is 5.14. The summed E-state index contributed by atoms with van der Waals surface area (Å²) in [6.45, 7) is 0. The van der Waals surface area contributed by atoms with Crippen LogP contribution >= 0.6 is 0 Å². The van der Waals surface area contributed by atoms with Gasteiger partial charge in [-0.15, -0.1) is 34.5 Å². The van der Waals surface area contributed by atoms with Crippen molar-refractivity contribution in [3.8, 4) is 11.1 Å². The average molecular weight is 536 g/mol. The van der Waals surface area contributed by atoms with Crippen LogP contribution in [0, 0.1) is 0 Å². The maximum absolute atomic E-state index is 2.24. The van der Waals surface area contributed by atoms with Crippen molar-refractivity contribution < 1.29 is 74.2 Å². The Balaban J connectivity index is 0.000000963. The van der Waals surface area contributed by atoms with E-state index in [2.05, 4.69) is 60.7 Å². The molecule has 0 saturated carbocycles. The minimum Gasteiger partial charge on any atom is -1.00 e. The Hall–Kier alpha value is 0.393. The molecule has 0 unspecified atom stereocenters. The molecule has 0 saturated heterocycles. The van der Waals surface area contributed by atoms with E-state index in [9.17, 15) is 0 Å². The molecule has 3 heteroatoms. The maximum atomic E-state index is 2.24. The molecule has 0 nitrogen and oxygen atoms in total. The van der Waals surface area contributed by atoms with Crippen LogP contribution in [0.5, 0.6) is 0 Å². The summed E-state index contributed by atoms with van der Waals surface area (Å²) >= 11 is 0. The van der Waals surface area contributed by atoms with Gasteiger partial charge in [0.2, 0.25) is 0 Å². The minimum absolute atomic E-state index is 0. The monoisotopic (exact) mass is 535 g/mol. The van der Waals surface area contributed by atoms with E-state index in [1.54, 1.807) is 0 Å². The smallest absolute Gasteiger partial charge is 1.00 e. The Morgan fingerprint density at radius 2 is 1.33 bits per heavy atom. The molecule has 3 rings (SSSR count). The van der Waals surface area contributed by atoms with Crippen LogP contribution in [0.25, 0.3) is 21.9 Å². The van der Waals surface area contributed by atoms with Crippen molar-refractivity contribution in [1.29, 1.82) is 0 Å². The first-order chi connectivity index (χ1) is 7.43. The Labute approximate surface area is 161 Å². The van der Waals surface area contributed by atoms with Crippen LogP contribution in [-0.4, -0.2) is 0 Å². The fourth-order valence-corrected chi connectivity index (χ4v) is 1.95. The molecule has 3 aromatic carbocycles. The van der Waals surface area contributed by atoms with E-state index in [-0.39, 0.29) is 74.2 Å². The second-order valence-electron chi connectivity index (χ2n) is 3.74. The van der Waals surface area contributed by atoms with E-state index >= 15 is 0 Å². The van der Waals surface area contributed by atoms with Crippen molar-refractivity contribution in [3.05, 3.63) is 66.7 Å². The van der Waals surface area contributed by atoms with Crippen molar-refractivity contribution in [2.24, 2.45) is 0 Å². The summed E-state index contributed by atoms with van der Waals surface area (Å²) in [5.74, 6) is 0. The van der Waals surface area contributed by atoms with Gasteiger partial charge in [0, 0.05) is 0 Å². The fourth-order valence-electron chi connectivity index (χ4n) is 1.95. The Morgan fingerprint density at radius 1 is 0.722 bits per heavy atom. The van der Waals surface area contributed by atoms with E-state index in [0.29, 0.717) is 0 Å². The summed E-state index contributed by atoms with van der Waals surface area (Å²) in [7, 11) is 0. The molecule has 0 atom stereocenters. The van der Waals surface area contributed by atoms with Gasteiger partial charge in [0.25, 0.3) is 0 Å². The van der Waals surface area contributed by atoms with Crippen LogP contribution in [0.15, 0.2) is 66.7 Å². The molecule has 89 valence electrons. The van der Waals surface area contributed by atoms with Gasteiger partial charge in [-0.2, -0.15) is 0 Å². The van der Waals surface area contributed by atoms with E-state index in [1.165, 1.54) is 21.9 Å². The van der Waals surface area contributed by atoms with Gasteiger partial charge in [0.1, 0.15) is 0 Å². The topological polar surface area (TPSA) is 0 Å². The zero-order chi connectivity index (χ0) is 10.1. The molecule has 0 aliphatic rings. The summed E-state index contributed by atoms with van der Waals surface area (Å²) in [6, 6.07) is 23.4. The van der Waals surface area contributed by atoms with Crippen LogP contribution in [0.4, 0.5) is 0 Å². The van der Waals surface area contributed by atoms with Crippen molar-refractivity contribution in [2.45, 2.75) is 0 Å². The molecule has 3 aromatic rings. The van der Waals surface area contributed by atoms with Gasteiger partial charge in [0.15, 0.2) is 0 Å². The molecule has 0 N–H and O–H groups in total. The molecular weight excluding hydrogens is 525 g/mol. The molecule has 0 aliphatic carbocycles. The van der Waals surface area contributed by atoms with Crippen molar-refractivity contribution >= 4 is 10.8 Å². The Morgan fingerprint density at radius 3 is 2.00 bits per heavy atom. The molecule has 0 aliphatic heterocycles. The second kappa shape index (κ2) is 8.54. The van der Waals surface area contributed by atoms with Gasteiger partial charge >= 0.3 is 26.2 Å². The molecule has 0 spiro atoms. The second-order valence-corrected chi connectivity index (χ2v) is 3.74. The van der Waals surface area contributed by atoms with Gasteiger partial charge in [-0.1, -0.05) is 54.1 Å². The third-order valence-corrected chi connectivity index (χ3v) is 2.73. The van der Waals surface area contributed by atoms with Crippen LogP contribution in [-0.2, 0) is 26.2 Å². The molecular formula is C15H11I2Zr. The van der Waals surface area contributed by atoms with Gasteiger partial charge < -0.3 is 48.0 Å². The summed E-state index contributed by atoms with van der Waals surface area (Å²) in [5, 5.41) is 2.63. The first-order valence-corrected chi connectivity index (χ1v) is 5.14. The van der Waals surface area contributed by atoms with Gasteiger partial charge in [-0.3, -0.25) is 0 Å². The van der Waals surface area contributed by atoms with Crippen molar-refractivity contribution in [2.75, 3.05) is 0 Å². The molecule has 0 bridgehead atoms.